The van der Waals surface area contributed by atoms with Crippen molar-refractivity contribution in [1.82, 2.24) is 0 Å². The second-order valence-corrected chi connectivity index (χ2v) is 6.13. The number of ether oxygens (including phenoxy) is 1. The van der Waals surface area contributed by atoms with Gasteiger partial charge in [0.05, 0.1) is 11.7 Å². The Hall–Kier alpha value is -0.0800. The summed E-state index contributed by atoms with van der Waals surface area (Å²) >= 11 is 0. The summed E-state index contributed by atoms with van der Waals surface area (Å²) in [6, 6.07) is 0. The van der Waals surface area contributed by atoms with Gasteiger partial charge in [0, 0.05) is 6.61 Å². The first-order valence-electron chi connectivity index (χ1n) is 7.56. The van der Waals surface area contributed by atoms with E-state index in [2.05, 4.69) is 6.92 Å². The Kier molecular flexibility index (Phi) is 4.87. The van der Waals surface area contributed by atoms with Crippen LogP contribution in [0.15, 0.2) is 0 Å². The van der Waals surface area contributed by atoms with E-state index in [-0.39, 0.29) is 11.7 Å². The van der Waals surface area contributed by atoms with Gasteiger partial charge in [-0.2, -0.15) is 0 Å². The Balaban J connectivity index is 1.83. The van der Waals surface area contributed by atoms with Gasteiger partial charge in [0.2, 0.25) is 0 Å². The fourth-order valence-electron chi connectivity index (χ4n) is 3.71. The average Bonchev–Trinajstić information content (AvgIpc) is 2.30. The molecule has 1 aliphatic heterocycles. The monoisotopic (exact) mass is 240 g/mol. The van der Waals surface area contributed by atoms with E-state index in [0.29, 0.717) is 5.92 Å². The van der Waals surface area contributed by atoms with Gasteiger partial charge in [-0.15, -0.1) is 0 Å². The summed E-state index contributed by atoms with van der Waals surface area (Å²) in [6.07, 6.45) is 11.9. The summed E-state index contributed by atoms with van der Waals surface area (Å²) in [4.78, 5) is 0. The van der Waals surface area contributed by atoms with Crippen molar-refractivity contribution < 1.29 is 9.84 Å². The number of aliphatic hydroxyl groups is 1. The van der Waals surface area contributed by atoms with Gasteiger partial charge in [0.25, 0.3) is 0 Å². The van der Waals surface area contributed by atoms with Crippen LogP contribution in [-0.2, 0) is 4.74 Å². The van der Waals surface area contributed by atoms with Gasteiger partial charge in [0.15, 0.2) is 0 Å². The van der Waals surface area contributed by atoms with Crippen molar-refractivity contribution in [1.29, 1.82) is 0 Å². The van der Waals surface area contributed by atoms with Crippen LogP contribution in [0.25, 0.3) is 0 Å². The molecule has 1 spiro atoms. The molecule has 1 saturated heterocycles. The Morgan fingerprint density at radius 3 is 2.76 bits per heavy atom. The highest BCUT2D eigenvalue weighted by molar-refractivity contribution is 4.90. The van der Waals surface area contributed by atoms with Crippen LogP contribution in [0.2, 0.25) is 0 Å². The normalized spacial score (nSPS) is 30.4. The second kappa shape index (κ2) is 6.19. The third kappa shape index (κ3) is 3.69. The van der Waals surface area contributed by atoms with Gasteiger partial charge in [0.1, 0.15) is 0 Å². The third-order valence-corrected chi connectivity index (χ3v) is 4.59. The minimum Gasteiger partial charge on any atom is -0.393 e. The first-order chi connectivity index (χ1) is 8.24. The van der Waals surface area contributed by atoms with Crippen molar-refractivity contribution in [3.05, 3.63) is 0 Å². The first kappa shape index (κ1) is 13.4. The molecule has 0 radical (unpaired) electrons. The lowest BCUT2D eigenvalue weighted by atomic mass is 9.74. The molecule has 0 bridgehead atoms. The average molecular weight is 240 g/mol. The Morgan fingerprint density at radius 1 is 1.29 bits per heavy atom. The van der Waals surface area contributed by atoms with E-state index < -0.39 is 0 Å². The molecule has 1 aliphatic carbocycles. The molecule has 1 heterocycles. The number of hydrogen-bond acceptors (Lipinski definition) is 2. The lowest BCUT2D eigenvalue weighted by Gasteiger charge is -2.44. The summed E-state index contributed by atoms with van der Waals surface area (Å²) < 4.78 is 6.10. The first-order valence-corrected chi connectivity index (χ1v) is 7.56. The molecule has 2 atom stereocenters. The van der Waals surface area contributed by atoms with E-state index in [1.54, 1.807) is 0 Å². The Morgan fingerprint density at radius 2 is 2.06 bits per heavy atom. The molecule has 17 heavy (non-hydrogen) atoms. The minimum atomic E-state index is -0.0799. The highest BCUT2D eigenvalue weighted by Crippen LogP contribution is 2.41. The van der Waals surface area contributed by atoms with Gasteiger partial charge in [-0.25, -0.2) is 0 Å². The fraction of sp³-hybridized carbons (Fsp3) is 1.00. The van der Waals surface area contributed by atoms with E-state index in [1.165, 1.54) is 38.5 Å². The maximum Gasteiger partial charge on any atom is 0.0685 e. The van der Waals surface area contributed by atoms with Crippen molar-refractivity contribution in [2.45, 2.75) is 82.8 Å². The molecular formula is C15H28O2. The van der Waals surface area contributed by atoms with E-state index in [4.69, 9.17) is 4.74 Å². The highest BCUT2D eigenvalue weighted by Gasteiger charge is 2.38. The van der Waals surface area contributed by atoms with Crippen LogP contribution < -0.4 is 0 Å². The molecule has 2 aliphatic rings. The number of aliphatic hydroxyl groups excluding tert-OH is 1. The zero-order valence-electron chi connectivity index (χ0n) is 11.3. The summed E-state index contributed by atoms with van der Waals surface area (Å²) in [5.74, 6) is 0.698. The van der Waals surface area contributed by atoms with Crippen LogP contribution in [0.3, 0.4) is 0 Å². The molecule has 2 nitrogen and oxygen atoms in total. The maximum absolute atomic E-state index is 9.95. The Bertz CT molecular complexity index is 215. The topological polar surface area (TPSA) is 29.5 Å². The molecular weight excluding hydrogens is 212 g/mol. The van der Waals surface area contributed by atoms with Crippen molar-refractivity contribution in [2.75, 3.05) is 6.61 Å². The quantitative estimate of drug-likeness (QED) is 0.812. The summed E-state index contributed by atoms with van der Waals surface area (Å²) in [5, 5.41) is 9.95. The molecule has 2 fully saturated rings. The Labute approximate surface area is 106 Å². The van der Waals surface area contributed by atoms with Crippen LogP contribution in [0, 0.1) is 5.92 Å². The van der Waals surface area contributed by atoms with Crippen LogP contribution in [0.5, 0.6) is 0 Å². The molecule has 0 aromatic heterocycles. The van der Waals surface area contributed by atoms with E-state index >= 15 is 0 Å². The van der Waals surface area contributed by atoms with Crippen molar-refractivity contribution >= 4 is 0 Å². The van der Waals surface area contributed by atoms with Crippen molar-refractivity contribution in [3.63, 3.8) is 0 Å². The van der Waals surface area contributed by atoms with Gasteiger partial charge >= 0.3 is 0 Å². The lowest BCUT2D eigenvalue weighted by molar-refractivity contribution is -0.121. The molecule has 100 valence electrons. The van der Waals surface area contributed by atoms with Gasteiger partial charge in [-0.05, 0) is 44.4 Å². The van der Waals surface area contributed by atoms with E-state index in [1.807, 2.05) is 0 Å². The van der Waals surface area contributed by atoms with Gasteiger partial charge < -0.3 is 9.84 Å². The zero-order chi connectivity index (χ0) is 12.1. The molecule has 1 saturated carbocycles. The summed E-state index contributed by atoms with van der Waals surface area (Å²) in [7, 11) is 0. The predicted molar refractivity (Wildman–Crippen MR) is 70.0 cm³/mol. The maximum atomic E-state index is 9.95. The SMILES string of the molecule is CCCC(O)CC1CCOC2(CCCCC2)C1. The van der Waals surface area contributed by atoms with E-state index in [9.17, 15) is 5.11 Å². The molecule has 1 N–H and O–H groups in total. The van der Waals surface area contributed by atoms with Crippen molar-refractivity contribution in [2.24, 2.45) is 5.92 Å². The van der Waals surface area contributed by atoms with E-state index in [0.717, 1.165) is 32.3 Å². The van der Waals surface area contributed by atoms with Gasteiger partial charge in [-0.1, -0.05) is 32.6 Å². The van der Waals surface area contributed by atoms with Crippen LogP contribution in [-0.4, -0.2) is 23.4 Å². The van der Waals surface area contributed by atoms with Crippen molar-refractivity contribution in [3.8, 4) is 0 Å². The molecule has 0 amide bonds. The largest absolute Gasteiger partial charge is 0.393 e. The fourth-order valence-corrected chi connectivity index (χ4v) is 3.71. The molecule has 0 aromatic carbocycles. The highest BCUT2D eigenvalue weighted by atomic mass is 16.5. The third-order valence-electron chi connectivity index (χ3n) is 4.59. The number of hydrogen-bond donors (Lipinski definition) is 1. The zero-order valence-corrected chi connectivity index (χ0v) is 11.3. The second-order valence-electron chi connectivity index (χ2n) is 6.13. The van der Waals surface area contributed by atoms with Gasteiger partial charge in [-0.3, -0.25) is 0 Å². The summed E-state index contributed by atoms with van der Waals surface area (Å²) in [6.45, 7) is 3.07. The number of rotatable bonds is 4. The van der Waals surface area contributed by atoms with Crippen LogP contribution in [0.1, 0.15) is 71.1 Å². The predicted octanol–water partition coefficient (Wildman–Crippen LogP) is 3.67. The lowest BCUT2D eigenvalue weighted by Crippen LogP contribution is -2.42. The minimum absolute atomic E-state index is 0.0799. The van der Waals surface area contributed by atoms with Crippen LogP contribution >= 0.6 is 0 Å². The molecule has 2 unspecified atom stereocenters. The smallest absolute Gasteiger partial charge is 0.0685 e. The standard InChI is InChI=1S/C15H28O2/c1-2-6-14(16)11-13-7-10-17-15(12-13)8-4-3-5-9-15/h13-14,16H,2-12H2,1H3. The van der Waals surface area contributed by atoms with Crippen LogP contribution in [0.4, 0.5) is 0 Å². The summed E-state index contributed by atoms with van der Waals surface area (Å²) in [5.41, 5.74) is 0.201. The molecule has 0 aromatic rings. The molecule has 2 rings (SSSR count). The molecule has 2 heteroatoms.